The number of carboxylic acids is 1. The maximum atomic E-state index is 11.8. The van der Waals surface area contributed by atoms with Crippen molar-refractivity contribution >= 4 is 11.8 Å². The lowest BCUT2D eigenvalue weighted by Gasteiger charge is -2.14. The van der Waals surface area contributed by atoms with Gasteiger partial charge < -0.3 is 15.9 Å². The summed E-state index contributed by atoms with van der Waals surface area (Å²) in [4.78, 5) is 22.6. The maximum absolute atomic E-state index is 11.8. The Hall–Kier alpha value is -1.72. The Kier molecular flexibility index (Phi) is 4.58. The van der Waals surface area contributed by atoms with E-state index >= 15 is 0 Å². The van der Waals surface area contributed by atoms with Gasteiger partial charge in [0.2, 0.25) is 0 Å². The molecule has 1 aromatic rings. The van der Waals surface area contributed by atoms with E-state index in [0.29, 0.717) is 11.1 Å². The summed E-state index contributed by atoms with van der Waals surface area (Å²) in [5.74, 6) is -1.91. The highest BCUT2D eigenvalue weighted by atomic mass is 16.4. The molecule has 0 aliphatic carbocycles. The van der Waals surface area contributed by atoms with Crippen LogP contribution in [0.3, 0.4) is 0 Å². The van der Waals surface area contributed by atoms with Crippen LogP contribution in [0.1, 0.15) is 35.7 Å². The molecule has 0 heterocycles. The van der Waals surface area contributed by atoms with Crippen LogP contribution in [0.4, 0.5) is 0 Å². The zero-order valence-electron chi connectivity index (χ0n) is 10.3. The SMILES string of the molecule is CC(C(=O)O)c1ccc(C(=O)C(N)C(C)O)cc1. The number of hydrogen-bond acceptors (Lipinski definition) is 4. The van der Waals surface area contributed by atoms with Gasteiger partial charge in [0.25, 0.3) is 0 Å². The summed E-state index contributed by atoms with van der Waals surface area (Å²) in [6, 6.07) is 5.26. The van der Waals surface area contributed by atoms with Crippen molar-refractivity contribution < 1.29 is 19.8 Å². The van der Waals surface area contributed by atoms with Gasteiger partial charge in [-0.05, 0) is 19.4 Å². The van der Waals surface area contributed by atoms with Gasteiger partial charge in [0.05, 0.1) is 18.1 Å². The lowest BCUT2D eigenvalue weighted by molar-refractivity contribution is -0.138. The standard InChI is InChI=1S/C13H17NO4/c1-7(13(17)18)9-3-5-10(6-4-9)12(16)11(14)8(2)15/h3-8,11,15H,14H2,1-2H3,(H,17,18). The first kappa shape index (κ1) is 14.3. The second kappa shape index (κ2) is 5.75. The van der Waals surface area contributed by atoms with Crippen LogP contribution < -0.4 is 5.73 Å². The Bertz CT molecular complexity index is 439. The Balaban J connectivity index is 2.89. The van der Waals surface area contributed by atoms with Crippen LogP contribution in [-0.2, 0) is 4.79 Å². The van der Waals surface area contributed by atoms with E-state index in [1.165, 1.54) is 19.1 Å². The molecule has 18 heavy (non-hydrogen) atoms. The van der Waals surface area contributed by atoms with Crippen molar-refractivity contribution in [2.75, 3.05) is 0 Å². The van der Waals surface area contributed by atoms with E-state index in [1.54, 1.807) is 19.1 Å². The minimum Gasteiger partial charge on any atom is -0.481 e. The van der Waals surface area contributed by atoms with E-state index in [0.717, 1.165) is 0 Å². The van der Waals surface area contributed by atoms with E-state index in [4.69, 9.17) is 10.8 Å². The molecule has 0 fully saturated rings. The van der Waals surface area contributed by atoms with E-state index in [9.17, 15) is 14.7 Å². The minimum absolute atomic E-state index is 0.362. The molecule has 0 bridgehead atoms. The average Bonchev–Trinajstić information content (AvgIpc) is 2.36. The highest BCUT2D eigenvalue weighted by Crippen LogP contribution is 2.16. The molecule has 3 unspecified atom stereocenters. The van der Waals surface area contributed by atoms with Crippen molar-refractivity contribution in [1.82, 2.24) is 0 Å². The summed E-state index contributed by atoms with van der Waals surface area (Å²) in [6.07, 6.45) is -0.921. The van der Waals surface area contributed by atoms with Gasteiger partial charge in [0, 0.05) is 5.56 Å². The van der Waals surface area contributed by atoms with Gasteiger partial charge in [0.15, 0.2) is 5.78 Å². The molecule has 3 atom stereocenters. The van der Waals surface area contributed by atoms with Crippen LogP contribution >= 0.6 is 0 Å². The summed E-state index contributed by atoms with van der Waals surface area (Å²) in [7, 11) is 0. The quantitative estimate of drug-likeness (QED) is 0.671. The smallest absolute Gasteiger partial charge is 0.310 e. The van der Waals surface area contributed by atoms with Crippen LogP contribution in [0.2, 0.25) is 0 Å². The molecule has 5 nitrogen and oxygen atoms in total. The van der Waals surface area contributed by atoms with Crippen LogP contribution in [0.5, 0.6) is 0 Å². The average molecular weight is 251 g/mol. The topological polar surface area (TPSA) is 101 Å². The zero-order chi connectivity index (χ0) is 13.9. The van der Waals surface area contributed by atoms with E-state index < -0.39 is 24.0 Å². The number of Topliss-reactive ketones (excluding diaryl/α,β-unsaturated/α-hetero) is 1. The first-order chi connectivity index (χ1) is 8.34. The minimum atomic E-state index is -0.965. The molecule has 98 valence electrons. The summed E-state index contributed by atoms with van der Waals surface area (Å²) in [5, 5.41) is 18.1. The zero-order valence-corrected chi connectivity index (χ0v) is 10.3. The number of carbonyl (C=O) groups excluding carboxylic acids is 1. The third-order valence-corrected chi connectivity index (χ3v) is 2.89. The number of aliphatic carboxylic acids is 1. The van der Waals surface area contributed by atoms with Gasteiger partial charge in [-0.3, -0.25) is 9.59 Å². The van der Waals surface area contributed by atoms with E-state index in [-0.39, 0.29) is 5.78 Å². The molecule has 0 aliphatic heterocycles. The lowest BCUT2D eigenvalue weighted by Crippen LogP contribution is -2.40. The second-order valence-corrected chi connectivity index (χ2v) is 4.31. The van der Waals surface area contributed by atoms with Crippen molar-refractivity contribution in [2.45, 2.75) is 31.9 Å². The summed E-state index contributed by atoms with van der Waals surface area (Å²) in [5.41, 5.74) is 6.53. The Morgan fingerprint density at radius 1 is 1.17 bits per heavy atom. The number of benzene rings is 1. The number of carbonyl (C=O) groups is 2. The predicted octanol–water partition coefficient (Wildman–Crippen LogP) is 0.766. The van der Waals surface area contributed by atoms with Crippen molar-refractivity contribution in [3.63, 3.8) is 0 Å². The molecule has 0 amide bonds. The van der Waals surface area contributed by atoms with E-state index in [2.05, 4.69) is 0 Å². The number of nitrogens with two attached hydrogens (primary N) is 1. The predicted molar refractivity (Wildman–Crippen MR) is 66.5 cm³/mol. The molecule has 0 spiro atoms. The van der Waals surface area contributed by atoms with Crippen LogP contribution in [-0.4, -0.2) is 34.1 Å². The largest absolute Gasteiger partial charge is 0.481 e. The molecule has 1 aromatic carbocycles. The third-order valence-electron chi connectivity index (χ3n) is 2.89. The highest BCUT2D eigenvalue weighted by molar-refractivity contribution is 6.00. The van der Waals surface area contributed by atoms with Gasteiger partial charge in [-0.1, -0.05) is 24.3 Å². The first-order valence-corrected chi connectivity index (χ1v) is 5.65. The molecule has 0 saturated heterocycles. The summed E-state index contributed by atoms with van der Waals surface area (Å²) >= 11 is 0. The molecule has 4 N–H and O–H groups in total. The molecule has 0 aliphatic rings. The molecular formula is C13H17NO4. The first-order valence-electron chi connectivity index (χ1n) is 5.65. The summed E-state index contributed by atoms with van der Waals surface area (Å²) in [6.45, 7) is 3.02. The Morgan fingerprint density at radius 2 is 1.67 bits per heavy atom. The molecule has 5 heteroatoms. The molecule has 0 aromatic heterocycles. The second-order valence-electron chi connectivity index (χ2n) is 4.31. The lowest BCUT2D eigenvalue weighted by atomic mass is 9.96. The number of carboxylic acid groups (broad SMARTS) is 1. The van der Waals surface area contributed by atoms with Crippen molar-refractivity contribution in [2.24, 2.45) is 5.73 Å². The summed E-state index contributed by atoms with van der Waals surface area (Å²) < 4.78 is 0. The van der Waals surface area contributed by atoms with Gasteiger partial charge >= 0.3 is 5.97 Å². The van der Waals surface area contributed by atoms with Gasteiger partial charge in [-0.25, -0.2) is 0 Å². The van der Waals surface area contributed by atoms with Crippen molar-refractivity contribution in [1.29, 1.82) is 0 Å². The van der Waals surface area contributed by atoms with Crippen LogP contribution in [0.15, 0.2) is 24.3 Å². The van der Waals surface area contributed by atoms with Gasteiger partial charge in [-0.15, -0.1) is 0 Å². The number of ketones is 1. The van der Waals surface area contributed by atoms with Crippen LogP contribution in [0, 0.1) is 0 Å². The number of aliphatic hydroxyl groups excluding tert-OH is 1. The molecule has 1 rings (SSSR count). The maximum Gasteiger partial charge on any atom is 0.310 e. The van der Waals surface area contributed by atoms with Crippen molar-refractivity contribution in [3.8, 4) is 0 Å². The number of aliphatic hydroxyl groups is 1. The Labute approximate surface area is 105 Å². The Morgan fingerprint density at radius 3 is 2.06 bits per heavy atom. The highest BCUT2D eigenvalue weighted by Gasteiger charge is 2.21. The molecular weight excluding hydrogens is 234 g/mol. The third kappa shape index (κ3) is 3.15. The van der Waals surface area contributed by atoms with E-state index in [1.807, 2.05) is 0 Å². The van der Waals surface area contributed by atoms with Crippen LogP contribution in [0.25, 0.3) is 0 Å². The fraction of sp³-hybridized carbons (Fsp3) is 0.385. The number of rotatable bonds is 5. The van der Waals surface area contributed by atoms with Gasteiger partial charge in [0.1, 0.15) is 0 Å². The van der Waals surface area contributed by atoms with Gasteiger partial charge in [-0.2, -0.15) is 0 Å². The number of hydrogen-bond donors (Lipinski definition) is 3. The van der Waals surface area contributed by atoms with Crippen molar-refractivity contribution in [3.05, 3.63) is 35.4 Å². The monoisotopic (exact) mass is 251 g/mol. The molecule has 0 saturated carbocycles. The fourth-order valence-corrected chi connectivity index (χ4v) is 1.49. The molecule has 0 radical (unpaired) electrons. The normalized spacial score (nSPS) is 15.8. The fourth-order valence-electron chi connectivity index (χ4n) is 1.49.